The van der Waals surface area contributed by atoms with E-state index >= 15 is 0 Å². The molecule has 3 heteroatoms. The summed E-state index contributed by atoms with van der Waals surface area (Å²) in [6.07, 6.45) is 21.8. The lowest BCUT2D eigenvalue weighted by Gasteiger charge is -2.20. The summed E-state index contributed by atoms with van der Waals surface area (Å²) in [5.74, 6) is 0.619. The van der Waals surface area contributed by atoms with Gasteiger partial charge in [0, 0.05) is 6.61 Å². The molecule has 0 N–H and O–H groups in total. The first-order valence-corrected chi connectivity index (χ1v) is 14.5. The van der Waals surface area contributed by atoms with Crippen molar-refractivity contribution >= 4 is 0 Å². The van der Waals surface area contributed by atoms with Crippen molar-refractivity contribution in [3.8, 4) is 0 Å². The van der Waals surface area contributed by atoms with E-state index in [1.54, 1.807) is 0 Å². The highest BCUT2D eigenvalue weighted by Gasteiger charge is 2.12. The number of rotatable bonds is 25. The fourth-order valence-electron chi connectivity index (χ4n) is 4.49. The molecule has 1 aromatic carbocycles. The van der Waals surface area contributed by atoms with Gasteiger partial charge in [0.25, 0.3) is 0 Å². The van der Waals surface area contributed by atoms with Crippen molar-refractivity contribution < 1.29 is 13.9 Å². The van der Waals surface area contributed by atoms with Crippen molar-refractivity contribution in [2.75, 3.05) is 19.9 Å². The predicted octanol–water partition coefficient (Wildman–Crippen LogP) is 9.85. The molecule has 0 radical (unpaired) electrons. The van der Waals surface area contributed by atoms with Crippen molar-refractivity contribution in [2.24, 2.45) is 5.92 Å². The molecule has 0 aliphatic carbocycles. The van der Waals surface area contributed by atoms with Crippen LogP contribution in [0.15, 0.2) is 30.3 Å². The second-order valence-corrected chi connectivity index (χ2v) is 10.5. The molecule has 0 saturated carbocycles. The maximum atomic E-state index is 12.0. The molecule has 1 unspecified atom stereocenters. The van der Waals surface area contributed by atoms with E-state index in [2.05, 4.69) is 38.1 Å². The molecule has 1 rings (SSSR count). The molecule has 0 heterocycles. The first-order valence-electron chi connectivity index (χ1n) is 14.5. The summed E-state index contributed by atoms with van der Waals surface area (Å²) in [6, 6.07) is 10.4. The number of hydrogen-bond acceptors (Lipinski definition) is 2. The third-order valence-corrected chi connectivity index (χ3v) is 6.54. The SMILES string of the molecule is CC(C)CC(COCCCCCCCCCCCCCCCCCCF)OCc1ccccc1. The van der Waals surface area contributed by atoms with Gasteiger partial charge in [-0.1, -0.05) is 134 Å². The quantitative estimate of drug-likeness (QED) is 0.130. The Hall–Kier alpha value is -0.930. The zero-order valence-corrected chi connectivity index (χ0v) is 22.6. The Morgan fingerprint density at radius 3 is 1.59 bits per heavy atom. The minimum atomic E-state index is -0.140. The highest BCUT2D eigenvalue weighted by Crippen LogP contribution is 2.15. The van der Waals surface area contributed by atoms with Crippen LogP contribution < -0.4 is 0 Å². The van der Waals surface area contributed by atoms with Crippen LogP contribution in [0, 0.1) is 5.92 Å². The van der Waals surface area contributed by atoms with Crippen molar-refractivity contribution in [3.05, 3.63) is 35.9 Å². The highest BCUT2D eigenvalue weighted by atomic mass is 19.1. The van der Waals surface area contributed by atoms with Gasteiger partial charge in [-0.15, -0.1) is 0 Å². The molecule has 0 aliphatic rings. The smallest absolute Gasteiger partial charge is 0.0894 e. The summed E-state index contributed by atoms with van der Waals surface area (Å²) in [5.41, 5.74) is 1.23. The third-order valence-electron chi connectivity index (χ3n) is 6.54. The topological polar surface area (TPSA) is 18.5 Å². The Morgan fingerprint density at radius 2 is 1.12 bits per heavy atom. The van der Waals surface area contributed by atoms with Gasteiger partial charge in [-0.2, -0.15) is 0 Å². The minimum absolute atomic E-state index is 0.140. The fraction of sp³-hybridized carbons (Fsp3) is 0.806. The van der Waals surface area contributed by atoms with Crippen LogP contribution in [0.25, 0.3) is 0 Å². The van der Waals surface area contributed by atoms with Crippen LogP contribution in [0.4, 0.5) is 4.39 Å². The van der Waals surface area contributed by atoms with Gasteiger partial charge < -0.3 is 9.47 Å². The summed E-state index contributed by atoms with van der Waals surface area (Å²) in [5, 5.41) is 0. The average Bonchev–Trinajstić information content (AvgIpc) is 2.84. The molecule has 1 atom stereocenters. The maximum Gasteiger partial charge on any atom is 0.0894 e. The van der Waals surface area contributed by atoms with E-state index in [0.717, 1.165) is 25.9 Å². The van der Waals surface area contributed by atoms with Crippen molar-refractivity contribution in [3.63, 3.8) is 0 Å². The predicted molar refractivity (Wildman–Crippen MR) is 145 cm³/mol. The molecule has 0 spiro atoms. The number of ether oxygens (including phenoxy) is 2. The van der Waals surface area contributed by atoms with E-state index in [1.165, 1.54) is 95.5 Å². The molecule has 0 fully saturated rings. The molecule has 2 nitrogen and oxygen atoms in total. The molecule has 0 aliphatic heterocycles. The van der Waals surface area contributed by atoms with Gasteiger partial charge in [-0.3, -0.25) is 4.39 Å². The van der Waals surface area contributed by atoms with Gasteiger partial charge in [-0.25, -0.2) is 0 Å². The summed E-state index contributed by atoms with van der Waals surface area (Å²) in [7, 11) is 0. The third kappa shape index (κ3) is 20.4. The molecule has 1 aromatic rings. The van der Waals surface area contributed by atoms with Crippen molar-refractivity contribution in [2.45, 2.75) is 136 Å². The Labute approximate surface area is 211 Å². The van der Waals surface area contributed by atoms with Crippen LogP contribution in [0.1, 0.15) is 129 Å². The van der Waals surface area contributed by atoms with Gasteiger partial charge in [-0.05, 0) is 30.7 Å². The van der Waals surface area contributed by atoms with Crippen molar-refractivity contribution in [1.82, 2.24) is 0 Å². The summed E-state index contributed by atoms with van der Waals surface area (Å²) in [4.78, 5) is 0. The van der Waals surface area contributed by atoms with Crippen LogP contribution in [-0.4, -0.2) is 26.0 Å². The molecular weight excluding hydrogens is 423 g/mol. The molecule has 0 aromatic heterocycles. The number of halogens is 1. The fourth-order valence-corrected chi connectivity index (χ4v) is 4.49. The standard InChI is InChI=1S/C31H55FO2/c1-29(2)26-31(34-27-30-22-18-17-19-23-30)28-33-25-21-16-14-12-10-8-6-4-3-5-7-9-11-13-15-20-24-32/h17-19,22-23,29,31H,3-16,20-21,24-28H2,1-2H3. The van der Waals surface area contributed by atoms with Crippen LogP contribution >= 0.6 is 0 Å². The first kappa shape index (κ1) is 31.1. The average molecular weight is 479 g/mol. The van der Waals surface area contributed by atoms with Crippen LogP contribution in [0.3, 0.4) is 0 Å². The Kier molecular flexibility index (Phi) is 21.8. The van der Waals surface area contributed by atoms with Gasteiger partial charge in [0.1, 0.15) is 0 Å². The second-order valence-electron chi connectivity index (χ2n) is 10.5. The highest BCUT2D eigenvalue weighted by molar-refractivity contribution is 5.13. The zero-order chi connectivity index (χ0) is 24.5. The van der Waals surface area contributed by atoms with E-state index in [4.69, 9.17) is 9.47 Å². The van der Waals surface area contributed by atoms with Gasteiger partial charge >= 0.3 is 0 Å². The number of benzene rings is 1. The molecule has 0 bridgehead atoms. The first-order chi connectivity index (χ1) is 16.7. The van der Waals surface area contributed by atoms with E-state index < -0.39 is 0 Å². The summed E-state index contributed by atoms with van der Waals surface area (Å²) in [6.45, 7) is 6.60. The van der Waals surface area contributed by atoms with E-state index in [9.17, 15) is 4.39 Å². The normalized spacial score (nSPS) is 12.5. The minimum Gasteiger partial charge on any atom is -0.379 e. The number of alkyl halides is 1. The second kappa shape index (κ2) is 23.8. The van der Waals surface area contributed by atoms with E-state index in [0.29, 0.717) is 19.1 Å². The van der Waals surface area contributed by atoms with Crippen LogP contribution in [-0.2, 0) is 16.1 Å². The van der Waals surface area contributed by atoms with Gasteiger partial charge in [0.15, 0.2) is 0 Å². The molecule has 34 heavy (non-hydrogen) atoms. The largest absolute Gasteiger partial charge is 0.379 e. The Balaban J connectivity index is 1.86. The maximum absolute atomic E-state index is 12.0. The lowest BCUT2D eigenvalue weighted by molar-refractivity contribution is -0.0346. The molecule has 0 amide bonds. The number of hydrogen-bond donors (Lipinski definition) is 0. The number of unbranched alkanes of at least 4 members (excludes halogenated alkanes) is 15. The zero-order valence-electron chi connectivity index (χ0n) is 22.6. The molecular formula is C31H55FO2. The monoisotopic (exact) mass is 478 g/mol. The van der Waals surface area contributed by atoms with Crippen LogP contribution in [0.5, 0.6) is 0 Å². The van der Waals surface area contributed by atoms with E-state index in [-0.39, 0.29) is 12.8 Å². The van der Waals surface area contributed by atoms with Gasteiger partial charge in [0.05, 0.1) is 26.0 Å². The summed E-state index contributed by atoms with van der Waals surface area (Å²) < 4.78 is 24.1. The van der Waals surface area contributed by atoms with Crippen molar-refractivity contribution in [1.29, 1.82) is 0 Å². The lowest BCUT2D eigenvalue weighted by Crippen LogP contribution is -2.22. The Bertz CT molecular complexity index is 519. The van der Waals surface area contributed by atoms with Gasteiger partial charge in [0.2, 0.25) is 0 Å². The van der Waals surface area contributed by atoms with Crippen LogP contribution in [0.2, 0.25) is 0 Å². The molecule has 198 valence electrons. The molecule has 0 saturated heterocycles. The Morgan fingerprint density at radius 1 is 0.647 bits per heavy atom. The lowest BCUT2D eigenvalue weighted by atomic mass is 10.0. The summed E-state index contributed by atoms with van der Waals surface area (Å²) >= 11 is 0. The van der Waals surface area contributed by atoms with E-state index in [1.807, 2.05) is 6.07 Å².